The van der Waals surface area contributed by atoms with E-state index in [4.69, 9.17) is 0 Å². The summed E-state index contributed by atoms with van der Waals surface area (Å²) in [5, 5.41) is 0.874. The normalized spacial score (nSPS) is 10.7. The van der Waals surface area contributed by atoms with Crippen molar-refractivity contribution in [3.8, 4) is 0 Å². The van der Waals surface area contributed by atoms with Crippen LogP contribution in [0, 0.1) is 0 Å². The van der Waals surface area contributed by atoms with Crippen LogP contribution in [0.15, 0.2) is 30.3 Å². The van der Waals surface area contributed by atoms with Crippen molar-refractivity contribution >= 4 is 0 Å². The zero-order valence-corrected chi connectivity index (χ0v) is 8.04. The molecule has 1 nitrogen and oxygen atoms in total. The van der Waals surface area contributed by atoms with E-state index in [1.165, 1.54) is 0 Å². The number of rotatable bonds is 5. The third-order valence-corrected chi connectivity index (χ3v) is 1.95. The Morgan fingerprint density at radius 1 is 1.23 bits per heavy atom. The molecule has 0 saturated heterocycles. The molecule has 2 heteroatoms. The van der Waals surface area contributed by atoms with Crippen LogP contribution < -0.4 is 0 Å². The number of unbranched alkanes of at least 4 members (excludes halogenated alkanes) is 1. The van der Waals surface area contributed by atoms with Crippen LogP contribution in [0.3, 0.4) is 0 Å². The van der Waals surface area contributed by atoms with E-state index < -0.39 is 0 Å². The fourth-order valence-corrected chi connectivity index (χ4v) is 1.19. The Hall–Kier alpha value is -0.890. The summed E-state index contributed by atoms with van der Waals surface area (Å²) in [6, 6.07) is 9.70. The molecule has 0 aromatic heterocycles. The summed E-state index contributed by atoms with van der Waals surface area (Å²) >= 11 is 0. The molecule has 0 saturated carbocycles. The van der Waals surface area contributed by atoms with Gasteiger partial charge in [0.25, 0.3) is 0 Å². The zero-order chi connectivity index (χ0) is 9.52. The van der Waals surface area contributed by atoms with Gasteiger partial charge in [-0.15, -0.1) is 9.60 Å². The van der Waals surface area contributed by atoms with Crippen molar-refractivity contribution < 1.29 is 4.48 Å². The second-order valence-corrected chi connectivity index (χ2v) is 3.18. The number of hydrogen-bond acceptors (Lipinski definition) is 1. The monoisotopic (exact) mass is 181 g/mol. The Morgan fingerprint density at radius 3 is 2.54 bits per heavy atom. The summed E-state index contributed by atoms with van der Waals surface area (Å²) in [6.07, 6.45) is 1.96. The maximum absolute atomic E-state index is 13.1. The van der Waals surface area contributed by atoms with Gasteiger partial charge in [0.2, 0.25) is 0 Å². The highest BCUT2D eigenvalue weighted by atomic mass is 19.2. The smallest absolute Gasteiger partial charge is 0.0540 e. The standard InChI is InChI=1S/C11H16FN/c1-2-3-9-13(12)10-11-7-5-4-6-8-11/h4-8H,2-3,9-10H2,1H3. The fraction of sp³-hybridized carbons (Fsp3) is 0.455. The van der Waals surface area contributed by atoms with E-state index in [-0.39, 0.29) is 0 Å². The van der Waals surface area contributed by atoms with E-state index in [1.807, 2.05) is 30.3 Å². The van der Waals surface area contributed by atoms with E-state index in [0.29, 0.717) is 13.1 Å². The van der Waals surface area contributed by atoms with Crippen molar-refractivity contribution in [1.82, 2.24) is 5.12 Å². The van der Waals surface area contributed by atoms with Crippen LogP contribution >= 0.6 is 0 Å². The van der Waals surface area contributed by atoms with Gasteiger partial charge in [-0.05, 0) is 12.0 Å². The largest absolute Gasteiger partial charge is 0.142 e. The second-order valence-electron chi connectivity index (χ2n) is 3.18. The predicted octanol–water partition coefficient (Wildman–Crippen LogP) is 3.17. The van der Waals surface area contributed by atoms with Crippen molar-refractivity contribution in [2.24, 2.45) is 0 Å². The highest BCUT2D eigenvalue weighted by molar-refractivity contribution is 5.13. The van der Waals surface area contributed by atoms with E-state index >= 15 is 0 Å². The first-order valence-corrected chi connectivity index (χ1v) is 4.77. The van der Waals surface area contributed by atoms with Crippen LogP contribution in [0.2, 0.25) is 0 Å². The molecule has 0 spiro atoms. The molecule has 0 radical (unpaired) electrons. The molecule has 0 fully saturated rings. The van der Waals surface area contributed by atoms with Crippen LogP contribution in [0.25, 0.3) is 0 Å². The molecule has 1 aromatic carbocycles. The minimum Gasteiger partial charge on any atom is -0.142 e. The molecule has 1 rings (SSSR count). The molecule has 0 heterocycles. The van der Waals surface area contributed by atoms with Crippen molar-refractivity contribution in [2.75, 3.05) is 6.54 Å². The molecule has 0 unspecified atom stereocenters. The van der Waals surface area contributed by atoms with Gasteiger partial charge in [-0.1, -0.05) is 43.7 Å². The van der Waals surface area contributed by atoms with Crippen molar-refractivity contribution in [2.45, 2.75) is 26.3 Å². The van der Waals surface area contributed by atoms with Crippen molar-refractivity contribution in [3.05, 3.63) is 35.9 Å². The summed E-state index contributed by atoms with van der Waals surface area (Å²) in [6.45, 7) is 3.00. The molecule has 0 aliphatic rings. The van der Waals surface area contributed by atoms with E-state index in [9.17, 15) is 4.48 Å². The Labute approximate surface area is 79.1 Å². The van der Waals surface area contributed by atoms with Crippen LogP contribution in [0.1, 0.15) is 25.3 Å². The number of nitrogens with zero attached hydrogens (tertiary/aromatic N) is 1. The quantitative estimate of drug-likeness (QED) is 0.631. The summed E-state index contributed by atoms with van der Waals surface area (Å²) in [5.74, 6) is 0. The lowest BCUT2D eigenvalue weighted by atomic mass is 10.2. The predicted molar refractivity (Wildman–Crippen MR) is 52.9 cm³/mol. The van der Waals surface area contributed by atoms with E-state index in [2.05, 4.69) is 6.92 Å². The molecule has 0 amide bonds. The summed E-state index contributed by atoms with van der Waals surface area (Å²) in [7, 11) is 0. The van der Waals surface area contributed by atoms with Gasteiger partial charge in [-0.2, -0.15) is 0 Å². The third-order valence-electron chi connectivity index (χ3n) is 1.95. The summed E-state index contributed by atoms with van der Waals surface area (Å²) in [5.41, 5.74) is 1.03. The molecule has 0 atom stereocenters. The van der Waals surface area contributed by atoms with Crippen LogP contribution in [0.4, 0.5) is 4.48 Å². The second kappa shape index (κ2) is 5.70. The van der Waals surface area contributed by atoms with Crippen LogP contribution in [-0.4, -0.2) is 11.7 Å². The Balaban J connectivity index is 2.32. The van der Waals surface area contributed by atoms with Crippen LogP contribution in [0.5, 0.6) is 0 Å². The van der Waals surface area contributed by atoms with Gasteiger partial charge in [0, 0.05) is 6.54 Å². The number of halogens is 1. The molecule has 13 heavy (non-hydrogen) atoms. The summed E-state index contributed by atoms with van der Waals surface area (Å²) in [4.78, 5) is 0. The average molecular weight is 181 g/mol. The topological polar surface area (TPSA) is 3.24 Å². The van der Waals surface area contributed by atoms with E-state index in [1.54, 1.807) is 0 Å². The first kappa shape index (κ1) is 10.2. The SMILES string of the molecule is CCCCN(F)Cc1ccccc1. The highest BCUT2D eigenvalue weighted by Crippen LogP contribution is 2.05. The minimum absolute atomic E-state index is 0.404. The molecular weight excluding hydrogens is 165 g/mol. The maximum Gasteiger partial charge on any atom is 0.0540 e. The molecule has 72 valence electrons. The van der Waals surface area contributed by atoms with Gasteiger partial charge in [0.15, 0.2) is 0 Å². The number of benzene rings is 1. The van der Waals surface area contributed by atoms with Gasteiger partial charge in [-0.25, -0.2) is 0 Å². The first-order valence-electron chi connectivity index (χ1n) is 4.77. The molecule has 1 aromatic rings. The fourth-order valence-electron chi connectivity index (χ4n) is 1.19. The number of hydrogen-bond donors (Lipinski definition) is 0. The van der Waals surface area contributed by atoms with Gasteiger partial charge in [0.05, 0.1) is 6.54 Å². The Bertz CT molecular complexity index is 223. The summed E-state index contributed by atoms with van der Waals surface area (Å²) < 4.78 is 13.1. The minimum atomic E-state index is 0.404. The van der Waals surface area contributed by atoms with Crippen LogP contribution in [-0.2, 0) is 6.54 Å². The van der Waals surface area contributed by atoms with Crippen molar-refractivity contribution in [3.63, 3.8) is 0 Å². The maximum atomic E-state index is 13.1. The lowest BCUT2D eigenvalue weighted by molar-refractivity contribution is 0.0145. The molecular formula is C11H16FN. The Kier molecular flexibility index (Phi) is 4.47. The molecule has 0 aliphatic carbocycles. The van der Waals surface area contributed by atoms with E-state index in [0.717, 1.165) is 23.5 Å². The van der Waals surface area contributed by atoms with Crippen molar-refractivity contribution in [1.29, 1.82) is 0 Å². The lowest BCUT2D eigenvalue weighted by Crippen LogP contribution is -2.14. The Morgan fingerprint density at radius 2 is 1.92 bits per heavy atom. The van der Waals surface area contributed by atoms with Gasteiger partial charge >= 0.3 is 0 Å². The van der Waals surface area contributed by atoms with Gasteiger partial charge in [-0.3, -0.25) is 0 Å². The van der Waals surface area contributed by atoms with Gasteiger partial charge in [0.1, 0.15) is 0 Å². The molecule has 0 N–H and O–H groups in total. The zero-order valence-electron chi connectivity index (χ0n) is 8.04. The highest BCUT2D eigenvalue weighted by Gasteiger charge is 2.01. The van der Waals surface area contributed by atoms with Gasteiger partial charge < -0.3 is 0 Å². The lowest BCUT2D eigenvalue weighted by Gasteiger charge is -2.10. The average Bonchev–Trinajstić information content (AvgIpc) is 2.16. The molecule has 0 bridgehead atoms. The first-order chi connectivity index (χ1) is 6.33. The third kappa shape index (κ3) is 4.04. The molecule has 0 aliphatic heterocycles.